The number of nitrogens with zero attached hydrogens (tertiary/aromatic N) is 3. The Kier molecular flexibility index (Phi) is 2.27. The van der Waals surface area contributed by atoms with Gasteiger partial charge in [-0.25, -0.2) is 9.36 Å². The van der Waals surface area contributed by atoms with Crippen molar-refractivity contribution in [1.29, 1.82) is 0 Å². The van der Waals surface area contributed by atoms with Crippen LogP contribution in [0.3, 0.4) is 0 Å². The molecule has 2 aromatic rings. The van der Waals surface area contributed by atoms with Crippen molar-refractivity contribution in [1.82, 2.24) is 14.5 Å². The molecular formula is C15H17N3O2. The van der Waals surface area contributed by atoms with Crippen LogP contribution in [0, 0.1) is 5.41 Å². The van der Waals surface area contributed by atoms with Crippen molar-refractivity contribution < 1.29 is 9.90 Å². The molecule has 0 aromatic carbocycles. The molecular weight excluding hydrogens is 254 g/mol. The van der Waals surface area contributed by atoms with E-state index in [0.717, 1.165) is 29.6 Å². The molecule has 0 amide bonds. The van der Waals surface area contributed by atoms with Crippen molar-refractivity contribution in [2.75, 3.05) is 13.6 Å². The maximum Gasteiger partial charge on any atom is 0.416 e. The van der Waals surface area contributed by atoms with Gasteiger partial charge in [0.15, 0.2) is 0 Å². The number of pyridine rings is 1. The highest BCUT2D eigenvalue weighted by Crippen LogP contribution is 2.58. The molecule has 1 saturated carbocycles. The van der Waals surface area contributed by atoms with Crippen LogP contribution in [0.15, 0.2) is 24.5 Å². The highest BCUT2D eigenvalue weighted by Gasteiger charge is 2.51. The maximum atomic E-state index is 11.7. The van der Waals surface area contributed by atoms with E-state index in [1.165, 1.54) is 17.4 Å². The second-order valence-electron chi connectivity index (χ2n) is 6.26. The van der Waals surface area contributed by atoms with Gasteiger partial charge in [-0.1, -0.05) is 0 Å². The quantitative estimate of drug-likeness (QED) is 0.866. The van der Waals surface area contributed by atoms with E-state index in [9.17, 15) is 9.90 Å². The zero-order chi connectivity index (χ0) is 13.9. The van der Waals surface area contributed by atoms with Gasteiger partial charge in [0, 0.05) is 30.0 Å². The summed E-state index contributed by atoms with van der Waals surface area (Å²) in [5.41, 5.74) is 2.07. The summed E-state index contributed by atoms with van der Waals surface area (Å²) in [6.45, 7) is 1.08. The van der Waals surface area contributed by atoms with E-state index in [2.05, 4.69) is 16.9 Å². The molecule has 5 nitrogen and oxygen atoms in total. The highest BCUT2D eigenvalue weighted by atomic mass is 16.4. The summed E-state index contributed by atoms with van der Waals surface area (Å²) in [4.78, 5) is 18.1. The topological polar surface area (TPSA) is 58.4 Å². The molecule has 5 heteroatoms. The standard InChI is InChI=1S/C15H17N3O2/c1-17-9-15(3-4-15)7-13(17)12-6-10-8-16-5-2-11(10)18(12)14(19)20/h2,5-6,8,13H,3-4,7,9H2,1H3,(H,19,20). The van der Waals surface area contributed by atoms with E-state index >= 15 is 0 Å². The molecule has 0 bridgehead atoms. The van der Waals surface area contributed by atoms with Gasteiger partial charge in [-0.2, -0.15) is 0 Å². The third kappa shape index (κ3) is 1.59. The summed E-state index contributed by atoms with van der Waals surface area (Å²) in [6, 6.07) is 3.95. The molecule has 1 spiro atoms. The largest absolute Gasteiger partial charge is 0.464 e. The molecule has 2 aromatic heterocycles. The third-order valence-corrected chi connectivity index (χ3v) is 4.86. The average Bonchev–Trinajstić information content (AvgIpc) is 2.93. The number of hydrogen-bond donors (Lipinski definition) is 1. The van der Waals surface area contributed by atoms with Gasteiger partial charge in [0.2, 0.25) is 0 Å². The van der Waals surface area contributed by atoms with Crippen LogP contribution >= 0.6 is 0 Å². The summed E-state index contributed by atoms with van der Waals surface area (Å²) >= 11 is 0. The average molecular weight is 271 g/mol. The lowest BCUT2D eigenvalue weighted by molar-refractivity contribution is 0.194. The molecule has 104 valence electrons. The number of carboxylic acid groups (broad SMARTS) is 1. The van der Waals surface area contributed by atoms with Gasteiger partial charge in [0.1, 0.15) is 0 Å². The Balaban J connectivity index is 1.87. The number of aromatic nitrogens is 2. The third-order valence-electron chi connectivity index (χ3n) is 4.86. The van der Waals surface area contributed by atoms with Crippen molar-refractivity contribution in [3.05, 3.63) is 30.2 Å². The molecule has 1 aliphatic carbocycles. The molecule has 1 aliphatic heterocycles. The van der Waals surface area contributed by atoms with Crippen LogP contribution in [-0.4, -0.2) is 39.2 Å². The lowest BCUT2D eigenvalue weighted by atomic mass is 10.0. The fourth-order valence-corrected chi connectivity index (χ4v) is 3.68. The van der Waals surface area contributed by atoms with Crippen LogP contribution in [0.4, 0.5) is 4.79 Å². The Morgan fingerprint density at radius 1 is 1.50 bits per heavy atom. The summed E-state index contributed by atoms with van der Waals surface area (Å²) in [5, 5.41) is 10.5. The van der Waals surface area contributed by atoms with Crippen molar-refractivity contribution in [3.63, 3.8) is 0 Å². The number of hydrogen-bond acceptors (Lipinski definition) is 3. The molecule has 3 heterocycles. The number of fused-ring (bicyclic) bond motifs is 1. The van der Waals surface area contributed by atoms with Crippen LogP contribution in [-0.2, 0) is 0 Å². The Morgan fingerprint density at radius 3 is 2.95 bits per heavy atom. The van der Waals surface area contributed by atoms with Crippen LogP contribution in [0.1, 0.15) is 31.0 Å². The highest BCUT2D eigenvalue weighted by molar-refractivity contribution is 5.89. The maximum absolute atomic E-state index is 11.7. The van der Waals surface area contributed by atoms with Gasteiger partial charge < -0.3 is 5.11 Å². The first-order valence-electron chi connectivity index (χ1n) is 6.99. The van der Waals surface area contributed by atoms with Gasteiger partial charge in [-0.05, 0) is 43.9 Å². The Hall–Kier alpha value is -1.88. The lowest BCUT2D eigenvalue weighted by Gasteiger charge is -2.20. The van der Waals surface area contributed by atoms with E-state index < -0.39 is 6.09 Å². The Bertz CT molecular complexity index is 702. The zero-order valence-electron chi connectivity index (χ0n) is 11.4. The monoisotopic (exact) mass is 271 g/mol. The Morgan fingerprint density at radius 2 is 2.30 bits per heavy atom. The summed E-state index contributed by atoms with van der Waals surface area (Å²) in [7, 11) is 2.10. The smallest absolute Gasteiger partial charge is 0.416 e. The fraction of sp³-hybridized carbons (Fsp3) is 0.467. The molecule has 2 fully saturated rings. The number of rotatable bonds is 1. The first kappa shape index (κ1) is 11.9. The molecule has 0 radical (unpaired) electrons. The normalized spacial score (nSPS) is 24.6. The van der Waals surface area contributed by atoms with Gasteiger partial charge in [0.05, 0.1) is 11.6 Å². The molecule has 20 heavy (non-hydrogen) atoms. The minimum atomic E-state index is -0.911. The van der Waals surface area contributed by atoms with E-state index in [0.29, 0.717) is 5.41 Å². The predicted molar refractivity (Wildman–Crippen MR) is 74.8 cm³/mol. The molecule has 1 atom stereocenters. The Labute approximate surface area is 116 Å². The molecule has 1 unspecified atom stereocenters. The summed E-state index contributed by atoms with van der Waals surface area (Å²) in [5.74, 6) is 0. The fourth-order valence-electron chi connectivity index (χ4n) is 3.68. The van der Waals surface area contributed by atoms with E-state index in [1.807, 2.05) is 6.07 Å². The van der Waals surface area contributed by atoms with Gasteiger partial charge >= 0.3 is 6.09 Å². The SMILES string of the molecule is CN1CC2(CC2)CC1c1cc2cnccc2n1C(=O)O. The van der Waals surface area contributed by atoms with Crippen LogP contribution in [0.25, 0.3) is 10.9 Å². The van der Waals surface area contributed by atoms with Crippen LogP contribution < -0.4 is 0 Å². The summed E-state index contributed by atoms with van der Waals surface area (Å²) in [6.07, 6.45) is 6.10. The molecule has 2 aliphatic rings. The number of likely N-dealkylation sites (tertiary alicyclic amines) is 1. The van der Waals surface area contributed by atoms with E-state index in [1.54, 1.807) is 18.5 Å². The zero-order valence-corrected chi connectivity index (χ0v) is 11.4. The van der Waals surface area contributed by atoms with Crippen LogP contribution in [0.2, 0.25) is 0 Å². The molecule has 1 saturated heterocycles. The van der Waals surface area contributed by atoms with Gasteiger partial charge in [-0.3, -0.25) is 9.88 Å². The minimum absolute atomic E-state index is 0.195. The van der Waals surface area contributed by atoms with Gasteiger partial charge in [-0.15, -0.1) is 0 Å². The second kappa shape index (κ2) is 3.82. The van der Waals surface area contributed by atoms with Crippen molar-refractivity contribution >= 4 is 17.0 Å². The predicted octanol–water partition coefficient (Wildman–Crippen LogP) is 2.72. The molecule has 4 rings (SSSR count). The number of carbonyl (C=O) groups is 1. The van der Waals surface area contributed by atoms with Crippen molar-refractivity contribution in [2.24, 2.45) is 5.41 Å². The minimum Gasteiger partial charge on any atom is -0.464 e. The van der Waals surface area contributed by atoms with Crippen molar-refractivity contribution in [3.8, 4) is 0 Å². The van der Waals surface area contributed by atoms with E-state index in [4.69, 9.17) is 0 Å². The lowest BCUT2D eigenvalue weighted by Crippen LogP contribution is -2.22. The first-order chi connectivity index (χ1) is 9.60. The van der Waals surface area contributed by atoms with E-state index in [-0.39, 0.29) is 6.04 Å². The summed E-state index contributed by atoms with van der Waals surface area (Å²) < 4.78 is 1.43. The first-order valence-corrected chi connectivity index (χ1v) is 6.99. The van der Waals surface area contributed by atoms with Crippen molar-refractivity contribution in [2.45, 2.75) is 25.3 Å². The second-order valence-corrected chi connectivity index (χ2v) is 6.26. The molecule has 1 N–H and O–H groups in total. The van der Waals surface area contributed by atoms with Crippen LogP contribution in [0.5, 0.6) is 0 Å². The van der Waals surface area contributed by atoms with Gasteiger partial charge in [0.25, 0.3) is 0 Å².